The Kier molecular flexibility index (Phi) is 4.58. The van der Waals surface area contributed by atoms with Gasteiger partial charge in [-0.2, -0.15) is 5.26 Å². The fourth-order valence-corrected chi connectivity index (χ4v) is 1.30. The maximum Gasteiger partial charge on any atom is 0.230 e. The van der Waals surface area contributed by atoms with Crippen LogP contribution in [0.2, 0.25) is 0 Å². The molecule has 0 fully saturated rings. The second kappa shape index (κ2) is 6.05. The van der Waals surface area contributed by atoms with Crippen LogP contribution >= 0.6 is 11.8 Å². The topological polar surface area (TPSA) is 81.6 Å². The zero-order valence-electron chi connectivity index (χ0n) is 7.49. The lowest BCUT2D eigenvalue weighted by atomic mass is 10.5. The summed E-state index contributed by atoms with van der Waals surface area (Å²) in [5.74, 6) is 1.30. The largest absolute Gasteiger partial charge is 0.348 e. The number of nitrogens with zero attached hydrogens (tertiary/aromatic N) is 2. The van der Waals surface area contributed by atoms with E-state index in [0.29, 0.717) is 18.1 Å². The molecule has 6 heteroatoms. The van der Waals surface area contributed by atoms with E-state index in [2.05, 4.69) is 15.3 Å². The zero-order chi connectivity index (χ0) is 10.2. The van der Waals surface area contributed by atoms with Gasteiger partial charge in [-0.1, -0.05) is 0 Å². The van der Waals surface area contributed by atoms with Gasteiger partial charge in [0.05, 0.1) is 24.1 Å². The van der Waals surface area contributed by atoms with Crippen molar-refractivity contribution in [3.8, 4) is 6.07 Å². The van der Waals surface area contributed by atoms with Gasteiger partial charge in [-0.3, -0.25) is 4.79 Å². The molecule has 0 aliphatic heterocycles. The highest BCUT2D eigenvalue weighted by Crippen LogP contribution is 1.97. The first-order valence-corrected chi connectivity index (χ1v) is 5.18. The number of thioether (sulfide) groups is 1. The van der Waals surface area contributed by atoms with Crippen molar-refractivity contribution in [1.82, 2.24) is 15.3 Å². The van der Waals surface area contributed by atoms with Gasteiger partial charge in [0.1, 0.15) is 5.82 Å². The maximum absolute atomic E-state index is 11.1. The summed E-state index contributed by atoms with van der Waals surface area (Å²) in [5, 5.41) is 10.9. The Morgan fingerprint density at radius 1 is 1.79 bits per heavy atom. The van der Waals surface area contributed by atoms with E-state index in [1.807, 2.05) is 6.07 Å². The molecule has 14 heavy (non-hydrogen) atoms. The van der Waals surface area contributed by atoms with Crippen LogP contribution in [-0.4, -0.2) is 27.4 Å². The molecule has 1 aromatic heterocycles. The van der Waals surface area contributed by atoms with E-state index in [9.17, 15) is 4.79 Å². The Bertz CT molecular complexity index is 317. The van der Waals surface area contributed by atoms with Gasteiger partial charge < -0.3 is 10.3 Å². The highest BCUT2D eigenvalue weighted by Gasteiger charge is 2.01. The van der Waals surface area contributed by atoms with Crippen molar-refractivity contribution in [3.63, 3.8) is 0 Å². The number of aromatic nitrogens is 2. The molecule has 0 aliphatic rings. The molecule has 1 amide bonds. The average Bonchev–Trinajstić information content (AvgIpc) is 2.68. The molecule has 0 saturated carbocycles. The van der Waals surface area contributed by atoms with Crippen molar-refractivity contribution in [2.45, 2.75) is 6.54 Å². The number of carbonyl (C=O) groups is 1. The summed E-state index contributed by atoms with van der Waals surface area (Å²) < 4.78 is 0. The van der Waals surface area contributed by atoms with E-state index >= 15 is 0 Å². The molecular formula is C8H10N4OS. The molecule has 1 heterocycles. The van der Waals surface area contributed by atoms with Gasteiger partial charge >= 0.3 is 0 Å². The third-order valence-corrected chi connectivity index (χ3v) is 2.21. The minimum absolute atomic E-state index is 0.0818. The quantitative estimate of drug-likeness (QED) is 0.684. The number of nitrogens with one attached hydrogen (secondary N) is 2. The molecule has 74 valence electrons. The van der Waals surface area contributed by atoms with Crippen LogP contribution in [0.25, 0.3) is 0 Å². The SMILES string of the molecule is N#CCSCC(=O)NCc1ncc[nH]1. The summed E-state index contributed by atoms with van der Waals surface area (Å²) in [6.45, 7) is 0.402. The normalized spacial score (nSPS) is 9.36. The van der Waals surface area contributed by atoms with Gasteiger partial charge in [0, 0.05) is 12.4 Å². The van der Waals surface area contributed by atoms with Crippen molar-refractivity contribution < 1.29 is 4.79 Å². The second-order valence-electron chi connectivity index (χ2n) is 2.46. The number of imidazole rings is 1. The van der Waals surface area contributed by atoms with E-state index in [0.717, 1.165) is 5.82 Å². The lowest BCUT2D eigenvalue weighted by Gasteiger charge is -2.00. The van der Waals surface area contributed by atoms with Crippen molar-refractivity contribution in [2.75, 3.05) is 11.5 Å². The Labute approximate surface area is 85.9 Å². The molecule has 0 aliphatic carbocycles. The van der Waals surface area contributed by atoms with Gasteiger partial charge in [-0.25, -0.2) is 4.98 Å². The van der Waals surface area contributed by atoms with Crippen molar-refractivity contribution in [2.24, 2.45) is 0 Å². The zero-order valence-corrected chi connectivity index (χ0v) is 8.30. The predicted molar refractivity (Wildman–Crippen MR) is 53.4 cm³/mol. The van der Waals surface area contributed by atoms with Gasteiger partial charge in [-0.05, 0) is 0 Å². The fourth-order valence-electron chi connectivity index (χ4n) is 0.817. The van der Waals surface area contributed by atoms with E-state index in [-0.39, 0.29) is 5.91 Å². The van der Waals surface area contributed by atoms with Crippen LogP contribution in [0.1, 0.15) is 5.82 Å². The van der Waals surface area contributed by atoms with E-state index < -0.39 is 0 Å². The van der Waals surface area contributed by atoms with Gasteiger partial charge in [-0.15, -0.1) is 11.8 Å². The van der Waals surface area contributed by atoms with Crippen molar-refractivity contribution in [1.29, 1.82) is 5.26 Å². The number of carbonyl (C=O) groups excluding carboxylic acids is 1. The minimum atomic E-state index is -0.0818. The molecule has 0 unspecified atom stereocenters. The van der Waals surface area contributed by atoms with Crippen LogP contribution in [0, 0.1) is 11.3 Å². The summed E-state index contributed by atoms with van der Waals surface area (Å²) in [6, 6.07) is 1.96. The highest BCUT2D eigenvalue weighted by molar-refractivity contribution is 8.00. The van der Waals surface area contributed by atoms with Gasteiger partial charge in [0.25, 0.3) is 0 Å². The number of rotatable bonds is 5. The average molecular weight is 210 g/mol. The Balaban J connectivity index is 2.13. The monoisotopic (exact) mass is 210 g/mol. The molecule has 0 radical (unpaired) electrons. The fraction of sp³-hybridized carbons (Fsp3) is 0.375. The molecule has 0 atom stereocenters. The van der Waals surface area contributed by atoms with E-state index in [4.69, 9.17) is 5.26 Å². The standard InChI is InChI=1S/C8H10N4OS/c9-1-4-14-6-8(13)12-5-7-10-2-3-11-7/h2-3H,4-6H2,(H,10,11)(H,12,13). The Hall–Kier alpha value is -1.48. The van der Waals surface area contributed by atoms with E-state index in [1.54, 1.807) is 12.4 Å². The predicted octanol–water partition coefficient (Wildman–Crippen LogP) is 0.283. The van der Waals surface area contributed by atoms with Crippen LogP contribution < -0.4 is 5.32 Å². The highest BCUT2D eigenvalue weighted by atomic mass is 32.2. The molecule has 1 aromatic rings. The van der Waals surface area contributed by atoms with Gasteiger partial charge in [0.15, 0.2) is 0 Å². The first kappa shape index (κ1) is 10.6. The molecule has 0 aromatic carbocycles. The van der Waals surface area contributed by atoms with Gasteiger partial charge in [0.2, 0.25) is 5.91 Å². The maximum atomic E-state index is 11.1. The number of nitriles is 1. The first-order valence-electron chi connectivity index (χ1n) is 4.02. The lowest BCUT2D eigenvalue weighted by Crippen LogP contribution is -2.25. The summed E-state index contributed by atoms with van der Waals surface area (Å²) in [4.78, 5) is 18.0. The summed E-state index contributed by atoms with van der Waals surface area (Å²) >= 11 is 1.29. The summed E-state index contributed by atoms with van der Waals surface area (Å²) in [6.07, 6.45) is 3.33. The summed E-state index contributed by atoms with van der Waals surface area (Å²) in [7, 11) is 0. The molecule has 1 rings (SSSR count). The number of hydrogen-bond donors (Lipinski definition) is 2. The van der Waals surface area contributed by atoms with Crippen molar-refractivity contribution >= 4 is 17.7 Å². The first-order chi connectivity index (χ1) is 6.83. The van der Waals surface area contributed by atoms with Crippen LogP contribution in [0.3, 0.4) is 0 Å². The second-order valence-corrected chi connectivity index (χ2v) is 3.45. The van der Waals surface area contributed by atoms with Crippen molar-refractivity contribution in [3.05, 3.63) is 18.2 Å². The van der Waals surface area contributed by atoms with E-state index in [1.165, 1.54) is 11.8 Å². The van der Waals surface area contributed by atoms with Crippen LogP contribution in [0.5, 0.6) is 0 Å². The third-order valence-electron chi connectivity index (χ3n) is 1.41. The van der Waals surface area contributed by atoms with Crippen LogP contribution in [-0.2, 0) is 11.3 Å². The number of H-pyrrole nitrogens is 1. The molecule has 0 spiro atoms. The number of hydrogen-bond acceptors (Lipinski definition) is 4. The smallest absolute Gasteiger partial charge is 0.230 e. The number of amides is 1. The lowest BCUT2D eigenvalue weighted by molar-refractivity contribution is -0.118. The summed E-state index contributed by atoms with van der Waals surface area (Å²) in [5.41, 5.74) is 0. The molecular weight excluding hydrogens is 200 g/mol. The van der Waals surface area contributed by atoms with Crippen LogP contribution in [0.4, 0.5) is 0 Å². The molecule has 2 N–H and O–H groups in total. The Morgan fingerprint density at radius 2 is 2.64 bits per heavy atom. The molecule has 5 nitrogen and oxygen atoms in total. The minimum Gasteiger partial charge on any atom is -0.348 e. The molecule has 0 bridgehead atoms. The Morgan fingerprint density at radius 3 is 3.29 bits per heavy atom. The third kappa shape index (κ3) is 3.96. The van der Waals surface area contributed by atoms with Crippen LogP contribution in [0.15, 0.2) is 12.4 Å². The number of aromatic amines is 1. The molecule has 0 saturated heterocycles.